The lowest BCUT2D eigenvalue weighted by atomic mass is 10.1. The Balaban J connectivity index is 2.24. The van der Waals surface area contributed by atoms with Crippen molar-refractivity contribution in [3.8, 4) is 5.75 Å². The molecule has 0 radical (unpaired) electrons. The van der Waals surface area contributed by atoms with E-state index in [2.05, 4.69) is 10.0 Å². The zero-order valence-electron chi connectivity index (χ0n) is 14.9. The Labute approximate surface area is 157 Å². The number of aryl methyl sites for hydroxylation is 1. The smallest absolute Gasteiger partial charge is 0.303 e. The molecular formula is C18H20N2O6S. The van der Waals surface area contributed by atoms with Crippen LogP contribution in [0.15, 0.2) is 47.4 Å². The average Bonchev–Trinajstić information content (AvgIpc) is 2.60. The van der Waals surface area contributed by atoms with Gasteiger partial charge in [0, 0.05) is 19.0 Å². The van der Waals surface area contributed by atoms with E-state index in [0.717, 1.165) is 5.56 Å². The minimum Gasteiger partial charge on any atom is -0.495 e. The molecule has 2 aromatic carbocycles. The monoisotopic (exact) mass is 392 g/mol. The van der Waals surface area contributed by atoms with Crippen molar-refractivity contribution in [2.24, 2.45) is 0 Å². The number of carbonyl (C=O) groups excluding carboxylic acids is 1. The van der Waals surface area contributed by atoms with Crippen molar-refractivity contribution in [3.63, 3.8) is 0 Å². The molecule has 0 aliphatic carbocycles. The first kappa shape index (κ1) is 20.2. The van der Waals surface area contributed by atoms with Gasteiger partial charge in [0.1, 0.15) is 5.75 Å². The molecule has 2 rings (SSSR count). The van der Waals surface area contributed by atoms with E-state index in [4.69, 9.17) is 9.84 Å². The molecule has 0 saturated heterocycles. The van der Waals surface area contributed by atoms with E-state index >= 15 is 0 Å². The molecule has 0 aromatic heterocycles. The summed E-state index contributed by atoms with van der Waals surface area (Å²) in [6.45, 7) is 1.35. The van der Waals surface area contributed by atoms with Crippen molar-refractivity contribution in [1.29, 1.82) is 0 Å². The Morgan fingerprint density at radius 1 is 1.11 bits per heavy atom. The second-order valence-corrected chi connectivity index (χ2v) is 7.42. The van der Waals surface area contributed by atoms with Crippen molar-refractivity contribution >= 4 is 33.3 Å². The van der Waals surface area contributed by atoms with Crippen LogP contribution >= 0.6 is 0 Å². The molecule has 0 fully saturated rings. The van der Waals surface area contributed by atoms with Crippen molar-refractivity contribution in [3.05, 3.63) is 48.0 Å². The molecule has 0 unspecified atom stereocenters. The number of benzene rings is 2. The van der Waals surface area contributed by atoms with E-state index in [1.165, 1.54) is 38.3 Å². The number of carboxylic acids is 1. The van der Waals surface area contributed by atoms with Gasteiger partial charge in [-0.05, 0) is 42.3 Å². The fourth-order valence-electron chi connectivity index (χ4n) is 2.36. The summed E-state index contributed by atoms with van der Waals surface area (Å²) in [5.74, 6) is -0.906. The molecule has 0 atom stereocenters. The largest absolute Gasteiger partial charge is 0.495 e. The average molecular weight is 392 g/mol. The van der Waals surface area contributed by atoms with Crippen LogP contribution in [0.3, 0.4) is 0 Å². The summed E-state index contributed by atoms with van der Waals surface area (Å²) in [4.78, 5) is 21.8. The van der Waals surface area contributed by atoms with Crippen LogP contribution in [-0.2, 0) is 26.0 Å². The number of amides is 1. The topological polar surface area (TPSA) is 122 Å². The third kappa shape index (κ3) is 5.71. The number of sulfonamides is 1. The summed E-state index contributed by atoms with van der Waals surface area (Å²) < 4.78 is 32.9. The van der Waals surface area contributed by atoms with Gasteiger partial charge in [-0.15, -0.1) is 0 Å². The summed E-state index contributed by atoms with van der Waals surface area (Å²) in [5, 5.41) is 11.3. The van der Waals surface area contributed by atoms with Crippen LogP contribution < -0.4 is 14.8 Å². The molecule has 8 nitrogen and oxygen atoms in total. The first-order valence-electron chi connectivity index (χ1n) is 8.00. The van der Waals surface area contributed by atoms with Crippen LogP contribution in [0.25, 0.3) is 0 Å². The minimum absolute atomic E-state index is 0.0218. The number of rotatable bonds is 8. The second kappa shape index (κ2) is 8.54. The third-order valence-corrected chi connectivity index (χ3v) is 5.01. The number of nitrogens with one attached hydrogen (secondary N) is 2. The van der Waals surface area contributed by atoms with Crippen molar-refractivity contribution in [1.82, 2.24) is 0 Å². The van der Waals surface area contributed by atoms with Crippen LogP contribution in [0, 0.1) is 0 Å². The van der Waals surface area contributed by atoms with Gasteiger partial charge in [0.15, 0.2) is 0 Å². The van der Waals surface area contributed by atoms with Crippen LogP contribution in [0.5, 0.6) is 5.75 Å². The molecule has 2 aromatic rings. The van der Waals surface area contributed by atoms with Gasteiger partial charge in [-0.25, -0.2) is 8.42 Å². The molecule has 1 amide bonds. The maximum Gasteiger partial charge on any atom is 0.303 e. The Kier molecular flexibility index (Phi) is 6.40. The van der Waals surface area contributed by atoms with Gasteiger partial charge >= 0.3 is 5.97 Å². The van der Waals surface area contributed by atoms with Crippen LogP contribution in [0.1, 0.15) is 18.9 Å². The standard InChI is InChI=1S/C18H20N2O6S/c1-12(21)19-14-6-9-17(26-2)16(11-14)20-27(24,25)15-7-3-13(4-8-15)5-10-18(22)23/h3-4,6-9,11,20H,5,10H2,1-2H3,(H,19,21)(H,22,23). The van der Waals surface area contributed by atoms with Gasteiger partial charge in [-0.1, -0.05) is 12.1 Å². The zero-order valence-corrected chi connectivity index (χ0v) is 15.7. The lowest BCUT2D eigenvalue weighted by Crippen LogP contribution is -2.14. The third-order valence-electron chi connectivity index (χ3n) is 3.63. The fraction of sp³-hybridized carbons (Fsp3) is 0.222. The van der Waals surface area contributed by atoms with Gasteiger partial charge < -0.3 is 15.2 Å². The van der Waals surface area contributed by atoms with Crippen molar-refractivity contribution < 1.29 is 27.9 Å². The Hall–Kier alpha value is -3.07. The van der Waals surface area contributed by atoms with Crippen molar-refractivity contribution in [2.75, 3.05) is 17.1 Å². The van der Waals surface area contributed by atoms with Gasteiger partial charge in [0.2, 0.25) is 5.91 Å². The first-order chi connectivity index (χ1) is 12.7. The first-order valence-corrected chi connectivity index (χ1v) is 9.49. The zero-order chi connectivity index (χ0) is 20.0. The Morgan fingerprint density at radius 3 is 2.33 bits per heavy atom. The van der Waals surface area contributed by atoms with Gasteiger partial charge in [0.25, 0.3) is 10.0 Å². The molecule has 0 heterocycles. The normalized spacial score (nSPS) is 10.9. The quantitative estimate of drug-likeness (QED) is 0.634. The maximum atomic E-state index is 12.6. The summed E-state index contributed by atoms with van der Waals surface area (Å²) in [5.41, 5.74) is 1.32. The fourth-order valence-corrected chi connectivity index (χ4v) is 3.42. The second-order valence-electron chi connectivity index (χ2n) is 5.74. The molecule has 0 aliphatic rings. The molecule has 0 bridgehead atoms. The number of ether oxygens (including phenoxy) is 1. The summed E-state index contributed by atoms with van der Waals surface area (Å²) in [6.07, 6.45) is 0.285. The highest BCUT2D eigenvalue weighted by Gasteiger charge is 2.17. The summed E-state index contributed by atoms with van der Waals surface area (Å²) in [7, 11) is -2.49. The van der Waals surface area contributed by atoms with Crippen molar-refractivity contribution in [2.45, 2.75) is 24.7 Å². The predicted molar refractivity (Wildman–Crippen MR) is 101 cm³/mol. The lowest BCUT2D eigenvalue weighted by molar-refractivity contribution is -0.137. The van der Waals surface area contributed by atoms with Gasteiger partial charge in [-0.3, -0.25) is 14.3 Å². The minimum atomic E-state index is -3.90. The number of anilines is 2. The molecule has 0 aliphatic heterocycles. The molecular weight excluding hydrogens is 372 g/mol. The Morgan fingerprint density at radius 2 is 1.78 bits per heavy atom. The molecule has 27 heavy (non-hydrogen) atoms. The molecule has 9 heteroatoms. The van der Waals surface area contributed by atoms with E-state index in [0.29, 0.717) is 17.9 Å². The Bertz CT molecular complexity index is 939. The van der Waals surface area contributed by atoms with E-state index < -0.39 is 16.0 Å². The van der Waals surface area contributed by atoms with Crippen LogP contribution in [-0.4, -0.2) is 32.5 Å². The predicted octanol–water partition coefficient (Wildman–Crippen LogP) is 2.47. The van der Waals surface area contributed by atoms with E-state index in [1.54, 1.807) is 18.2 Å². The number of hydrogen-bond acceptors (Lipinski definition) is 5. The highest BCUT2D eigenvalue weighted by atomic mass is 32.2. The highest BCUT2D eigenvalue weighted by Crippen LogP contribution is 2.30. The van der Waals surface area contributed by atoms with E-state index in [1.807, 2.05) is 0 Å². The number of carbonyl (C=O) groups is 2. The van der Waals surface area contributed by atoms with Crippen LogP contribution in [0.2, 0.25) is 0 Å². The molecule has 3 N–H and O–H groups in total. The highest BCUT2D eigenvalue weighted by molar-refractivity contribution is 7.92. The number of methoxy groups -OCH3 is 1. The van der Waals surface area contributed by atoms with E-state index in [9.17, 15) is 18.0 Å². The number of aliphatic carboxylic acids is 1. The lowest BCUT2D eigenvalue weighted by Gasteiger charge is -2.14. The molecule has 0 spiro atoms. The SMILES string of the molecule is COc1ccc(NC(C)=O)cc1NS(=O)(=O)c1ccc(CCC(=O)O)cc1. The van der Waals surface area contributed by atoms with Gasteiger partial charge in [0.05, 0.1) is 17.7 Å². The number of hydrogen-bond donors (Lipinski definition) is 3. The summed E-state index contributed by atoms with van der Waals surface area (Å²) >= 11 is 0. The van der Waals surface area contributed by atoms with E-state index in [-0.39, 0.29) is 22.9 Å². The summed E-state index contributed by atoms with van der Waals surface area (Å²) in [6, 6.07) is 10.5. The van der Waals surface area contributed by atoms with Gasteiger partial charge in [-0.2, -0.15) is 0 Å². The number of carboxylic acid groups (broad SMARTS) is 1. The molecule has 0 saturated carbocycles. The van der Waals surface area contributed by atoms with Crippen LogP contribution in [0.4, 0.5) is 11.4 Å². The molecule has 144 valence electrons. The maximum absolute atomic E-state index is 12.6.